The van der Waals surface area contributed by atoms with Gasteiger partial charge in [-0.05, 0) is 43.4 Å². The van der Waals surface area contributed by atoms with Gasteiger partial charge < -0.3 is 20.1 Å². The fourth-order valence-electron chi connectivity index (χ4n) is 4.05. The Morgan fingerprint density at radius 2 is 2.03 bits per heavy atom. The van der Waals surface area contributed by atoms with Gasteiger partial charge in [0, 0.05) is 11.8 Å². The molecule has 32 heavy (non-hydrogen) atoms. The maximum atomic E-state index is 13.1. The number of aryl methyl sites for hydroxylation is 1. The third kappa shape index (κ3) is 4.74. The SMILES string of the molecule is COc1cc(NC(=O)C2=C(C)OCCS2)c(Cl)cc1C(=O)N[C@@H]1CCCc2ccccc21. The van der Waals surface area contributed by atoms with E-state index in [1.807, 2.05) is 12.1 Å². The number of hydrogen-bond acceptors (Lipinski definition) is 5. The molecule has 2 aliphatic rings. The molecule has 1 atom stereocenters. The van der Waals surface area contributed by atoms with E-state index in [9.17, 15) is 9.59 Å². The van der Waals surface area contributed by atoms with Crippen LogP contribution in [0.1, 0.15) is 47.3 Å². The summed E-state index contributed by atoms with van der Waals surface area (Å²) >= 11 is 7.88. The minimum atomic E-state index is -0.299. The molecule has 168 valence electrons. The molecule has 2 aromatic rings. The highest BCUT2D eigenvalue weighted by Crippen LogP contribution is 2.35. The van der Waals surface area contributed by atoms with Crippen LogP contribution in [0.5, 0.6) is 5.75 Å². The van der Waals surface area contributed by atoms with Crippen molar-refractivity contribution in [1.29, 1.82) is 0 Å². The molecule has 0 spiro atoms. The van der Waals surface area contributed by atoms with Crippen molar-refractivity contribution in [3.63, 3.8) is 0 Å². The molecule has 6 nitrogen and oxygen atoms in total. The van der Waals surface area contributed by atoms with Crippen molar-refractivity contribution in [3.8, 4) is 5.75 Å². The van der Waals surface area contributed by atoms with Crippen molar-refractivity contribution in [1.82, 2.24) is 5.32 Å². The Morgan fingerprint density at radius 3 is 2.81 bits per heavy atom. The molecule has 0 fully saturated rings. The van der Waals surface area contributed by atoms with Gasteiger partial charge in [0.25, 0.3) is 11.8 Å². The van der Waals surface area contributed by atoms with Crippen LogP contribution in [0.4, 0.5) is 5.69 Å². The van der Waals surface area contributed by atoms with Gasteiger partial charge in [-0.2, -0.15) is 0 Å². The van der Waals surface area contributed by atoms with Crippen LogP contribution in [-0.4, -0.2) is 31.3 Å². The standard InChI is InChI=1S/C24H25ClN2O4S/c1-14-22(32-11-10-31-14)24(29)27-20-13-21(30-2)17(12-18(20)25)23(28)26-19-9-5-7-15-6-3-4-8-16(15)19/h3-4,6,8,12-13,19H,5,7,9-11H2,1-2H3,(H,26,28)(H,27,29)/t19-/m1/s1. The Balaban J connectivity index is 1.55. The number of carbonyl (C=O) groups is 2. The normalized spacial score (nSPS) is 17.8. The minimum absolute atomic E-state index is 0.0615. The van der Waals surface area contributed by atoms with Gasteiger partial charge in [-0.25, -0.2) is 0 Å². The third-order valence-electron chi connectivity index (χ3n) is 5.63. The van der Waals surface area contributed by atoms with Crippen LogP contribution >= 0.6 is 23.4 Å². The van der Waals surface area contributed by atoms with Crippen molar-refractivity contribution < 1.29 is 19.1 Å². The number of benzene rings is 2. The topological polar surface area (TPSA) is 76.7 Å². The molecule has 0 saturated carbocycles. The summed E-state index contributed by atoms with van der Waals surface area (Å²) in [6.07, 6.45) is 2.91. The highest BCUT2D eigenvalue weighted by Gasteiger charge is 2.25. The summed E-state index contributed by atoms with van der Waals surface area (Å²) < 4.78 is 10.9. The summed E-state index contributed by atoms with van der Waals surface area (Å²) in [5.74, 6) is 1.07. The lowest BCUT2D eigenvalue weighted by Crippen LogP contribution is -2.31. The summed E-state index contributed by atoms with van der Waals surface area (Å²) in [7, 11) is 1.49. The van der Waals surface area contributed by atoms with Crippen molar-refractivity contribution in [2.75, 3.05) is 24.8 Å². The van der Waals surface area contributed by atoms with Crippen LogP contribution in [0.15, 0.2) is 47.1 Å². The lowest BCUT2D eigenvalue weighted by Gasteiger charge is -2.26. The minimum Gasteiger partial charge on any atom is -0.496 e. The predicted molar refractivity (Wildman–Crippen MR) is 127 cm³/mol. The number of amides is 2. The molecular formula is C24H25ClN2O4S. The zero-order valence-electron chi connectivity index (χ0n) is 18.0. The van der Waals surface area contributed by atoms with Gasteiger partial charge in [-0.15, -0.1) is 11.8 Å². The van der Waals surface area contributed by atoms with Gasteiger partial charge in [-0.3, -0.25) is 9.59 Å². The largest absolute Gasteiger partial charge is 0.496 e. The molecule has 0 radical (unpaired) electrons. The fourth-order valence-corrected chi connectivity index (χ4v) is 5.07. The van der Waals surface area contributed by atoms with E-state index in [2.05, 4.69) is 22.8 Å². The van der Waals surface area contributed by atoms with Crippen LogP contribution in [0, 0.1) is 0 Å². The zero-order valence-corrected chi connectivity index (χ0v) is 19.6. The van der Waals surface area contributed by atoms with Gasteiger partial charge in [0.15, 0.2) is 0 Å². The van der Waals surface area contributed by atoms with Crippen molar-refractivity contribution in [3.05, 3.63) is 68.8 Å². The first-order chi connectivity index (χ1) is 15.5. The van der Waals surface area contributed by atoms with Gasteiger partial charge in [0.2, 0.25) is 0 Å². The predicted octanol–water partition coefficient (Wildman–Crippen LogP) is 5.09. The van der Waals surface area contributed by atoms with E-state index in [0.717, 1.165) is 24.8 Å². The fraction of sp³-hybridized carbons (Fsp3) is 0.333. The summed E-state index contributed by atoms with van der Waals surface area (Å²) in [5.41, 5.74) is 3.11. The number of anilines is 1. The second-order valence-electron chi connectivity index (χ2n) is 7.69. The molecule has 1 aliphatic heterocycles. The second-order valence-corrected chi connectivity index (χ2v) is 9.20. The lowest BCUT2D eigenvalue weighted by atomic mass is 9.87. The number of rotatable bonds is 5. The average Bonchev–Trinajstić information content (AvgIpc) is 2.80. The first-order valence-corrected chi connectivity index (χ1v) is 11.9. The summed E-state index contributed by atoms with van der Waals surface area (Å²) in [6.45, 7) is 2.34. The lowest BCUT2D eigenvalue weighted by molar-refractivity contribution is -0.112. The van der Waals surface area contributed by atoms with E-state index >= 15 is 0 Å². The maximum absolute atomic E-state index is 13.1. The first kappa shape index (κ1) is 22.6. The van der Waals surface area contributed by atoms with Crippen molar-refractivity contribution in [2.45, 2.75) is 32.2 Å². The summed E-state index contributed by atoms with van der Waals surface area (Å²) in [4.78, 5) is 26.3. The summed E-state index contributed by atoms with van der Waals surface area (Å²) in [5, 5.41) is 6.18. The number of nitrogens with one attached hydrogen (secondary N) is 2. The van der Waals surface area contributed by atoms with Crippen LogP contribution in [-0.2, 0) is 16.0 Å². The van der Waals surface area contributed by atoms with E-state index in [1.165, 1.54) is 30.5 Å². The van der Waals surface area contributed by atoms with Crippen LogP contribution in [0.3, 0.4) is 0 Å². The van der Waals surface area contributed by atoms with Gasteiger partial charge in [0.1, 0.15) is 16.4 Å². The van der Waals surface area contributed by atoms with E-state index in [0.29, 0.717) is 40.0 Å². The monoisotopic (exact) mass is 472 g/mol. The first-order valence-electron chi connectivity index (χ1n) is 10.5. The molecule has 4 rings (SSSR count). The highest BCUT2D eigenvalue weighted by molar-refractivity contribution is 8.04. The molecule has 2 aromatic carbocycles. The Morgan fingerprint density at radius 1 is 1.22 bits per heavy atom. The number of carbonyl (C=O) groups excluding carboxylic acids is 2. The Labute approximate surface area is 196 Å². The quantitative estimate of drug-likeness (QED) is 0.633. The number of allylic oxidation sites excluding steroid dienone is 1. The van der Waals surface area contributed by atoms with E-state index < -0.39 is 0 Å². The number of thioether (sulfide) groups is 1. The van der Waals surface area contributed by atoms with E-state index in [-0.39, 0.29) is 22.9 Å². The smallest absolute Gasteiger partial charge is 0.265 e. The molecule has 2 amide bonds. The molecule has 0 aromatic heterocycles. The Bertz CT molecular complexity index is 1090. The van der Waals surface area contributed by atoms with E-state index in [4.69, 9.17) is 21.1 Å². The van der Waals surface area contributed by atoms with E-state index in [1.54, 1.807) is 13.0 Å². The Hall–Kier alpha value is -2.64. The Kier molecular flexibility index (Phi) is 6.96. The van der Waals surface area contributed by atoms with Crippen LogP contribution in [0.25, 0.3) is 0 Å². The molecule has 1 heterocycles. The van der Waals surface area contributed by atoms with Gasteiger partial charge in [0.05, 0.1) is 36.0 Å². The van der Waals surface area contributed by atoms with Crippen LogP contribution < -0.4 is 15.4 Å². The van der Waals surface area contributed by atoms with Crippen molar-refractivity contribution in [2.24, 2.45) is 0 Å². The van der Waals surface area contributed by atoms with Crippen molar-refractivity contribution >= 4 is 40.9 Å². The zero-order chi connectivity index (χ0) is 22.7. The molecule has 0 bridgehead atoms. The molecular weight excluding hydrogens is 448 g/mol. The molecule has 1 aliphatic carbocycles. The average molecular weight is 473 g/mol. The third-order valence-corrected chi connectivity index (χ3v) is 7.08. The molecule has 0 unspecified atom stereocenters. The molecule has 0 saturated heterocycles. The number of halogens is 1. The highest BCUT2D eigenvalue weighted by atomic mass is 35.5. The van der Waals surface area contributed by atoms with Crippen LogP contribution in [0.2, 0.25) is 5.02 Å². The van der Waals surface area contributed by atoms with Gasteiger partial charge in [-0.1, -0.05) is 35.9 Å². The number of fused-ring (bicyclic) bond motifs is 1. The second kappa shape index (κ2) is 9.88. The maximum Gasteiger partial charge on any atom is 0.265 e. The number of hydrogen-bond donors (Lipinski definition) is 2. The molecule has 8 heteroatoms. The molecule has 2 N–H and O–H groups in total. The number of methoxy groups -OCH3 is 1. The number of ether oxygens (including phenoxy) is 2. The summed E-state index contributed by atoms with van der Waals surface area (Å²) in [6, 6.07) is 11.2. The van der Waals surface area contributed by atoms with Gasteiger partial charge >= 0.3 is 0 Å².